The van der Waals surface area contributed by atoms with E-state index in [1.54, 1.807) is 24.3 Å². The van der Waals surface area contributed by atoms with Crippen molar-refractivity contribution in [1.29, 1.82) is 0 Å². The van der Waals surface area contributed by atoms with E-state index in [1.165, 1.54) is 34.6 Å². The molecular formula is C23H16ClN3O6S. The first-order valence-electron chi connectivity index (χ1n) is 10.1. The number of aromatic nitrogens is 2. The predicted octanol–water partition coefficient (Wildman–Crippen LogP) is 3.80. The summed E-state index contributed by atoms with van der Waals surface area (Å²) in [6.07, 6.45) is 0.483. The summed E-state index contributed by atoms with van der Waals surface area (Å²) < 4.78 is 32.5. The molecule has 2 N–H and O–H groups in total. The zero-order valence-electron chi connectivity index (χ0n) is 17.4. The molecule has 2 heterocycles. The van der Waals surface area contributed by atoms with Crippen molar-refractivity contribution in [3.8, 4) is 22.5 Å². The van der Waals surface area contributed by atoms with E-state index in [4.69, 9.17) is 11.6 Å². The van der Waals surface area contributed by atoms with Gasteiger partial charge in [0.25, 0.3) is 10.0 Å². The normalized spacial score (nSPS) is 13.1. The number of sulfonamides is 1. The Labute approximate surface area is 198 Å². The van der Waals surface area contributed by atoms with Gasteiger partial charge in [0.15, 0.2) is 5.82 Å². The first-order chi connectivity index (χ1) is 16.2. The van der Waals surface area contributed by atoms with Crippen LogP contribution in [0, 0.1) is 0 Å². The number of anilines is 1. The van der Waals surface area contributed by atoms with Crippen LogP contribution in [0.15, 0.2) is 74.9 Å². The number of hydrogen-bond donors (Lipinski definition) is 2. The fourth-order valence-corrected chi connectivity index (χ4v) is 5.68. The Morgan fingerprint density at radius 2 is 1.79 bits per heavy atom. The SMILES string of the molecule is O=C(O)c1cc(Cl)ccc1-c1ccc2c(c1)CCN2S(=O)(=O)c1ccc(-c2noc(=O)[nH]2)cc1. The number of nitrogens with zero attached hydrogens (tertiary/aromatic N) is 2. The van der Waals surface area contributed by atoms with Gasteiger partial charge in [-0.1, -0.05) is 28.9 Å². The van der Waals surface area contributed by atoms with Gasteiger partial charge in [-0.05, 0) is 71.6 Å². The summed E-state index contributed by atoms with van der Waals surface area (Å²) in [5.41, 5.74) is 3.08. The van der Waals surface area contributed by atoms with Crippen LogP contribution in [-0.4, -0.2) is 36.2 Å². The minimum absolute atomic E-state index is 0.0727. The Morgan fingerprint density at radius 3 is 2.47 bits per heavy atom. The number of benzene rings is 3. The largest absolute Gasteiger partial charge is 0.478 e. The number of halogens is 1. The highest BCUT2D eigenvalue weighted by Crippen LogP contribution is 2.37. The van der Waals surface area contributed by atoms with Crippen LogP contribution in [0.5, 0.6) is 0 Å². The molecule has 1 aromatic heterocycles. The number of aromatic amines is 1. The molecule has 0 unspecified atom stereocenters. The zero-order valence-corrected chi connectivity index (χ0v) is 18.9. The maximum Gasteiger partial charge on any atom is 0.439 e. The minimum Gasteiger partial charge on any atom is -0.478 e. The molecule has 11 heteroatoms. The Morgan fingerprint density at radius 1 is 1.06 bits per heavy atom. The van der Waals surface area contributed by atoms with Crippen molar-refractivity contribution in [2.45, 2.75) is 11.3 Å². The third-order valence-electron chi connectivity index (χ3n) is 5.61. The molecule has 0 radical (unpaired) electrons. The molecule has 0 saturated carbocycles. The Hall–Kier alpha value is -3.89. The monoisotopic (exact) mass is 497 g/mol. The highest BCUT2D eigenvalue weighted by molar-refractivity contribution is 7.92. The molecule has 0 amide bonds. The van der Waals surface area contributed by atoms with E-state index in [0.717, 1.165) is 5.56 Å². The van der Waals surface area contributed by atoms with Crippen LogP contribution in [0.3, 0.4) is 0 Å². The van der Waals surface area contributed by atoms with Crippen molar-refractivity contribution >= 4 is 33.3 Å². The van der Waals surface area contributed by atoms with Gasteiger partial charge in [-0.2, -0.15) is 0 Å². The van der Waals surface area contributed by atoms with E-state index >= 15 is 0 Å². The molecule has 0 fully saturated rings. The van der Waals surface area contributed by atoms with Crippen LogP contribution in [0.25, 0.3) is 22.5 Å². The third-order valence-corrected chi connectivity index (χ3v) is 7.67. The number of hydrogen-bond acceptors (Lipinski definition) is 6. The van der Waals surface area contributed by atoms with E-state index in [1.807, 2.05) is 6.07 Å². The van der Waals surface area contributed by atoms with E-state index in [-0.39, 0.29) is 22.8 Å². The van der Waals surface area contributed by atoms with Gasteiger partial charge >= 0.3 is 11.7 Å². The van der Waals surface area contributed by atoms with Crippen LogP contribution in [0.4, 0.5) is 5.69 Å². The van der Waals surface area contributed by atoms with Gasteiger partial charge in [-0.3, -0.25) is 13.8 Å². The van der Waals surface area contributed by atoms with Crippen LogP contribution in [0.1, 0.15) is 15.9 Å². The molecule has 1 aliphatic rings. The van der Waals surface area contributed by atoms with Crippen molar-refractivity contribution < 1.29 is 22.8 Å². The van der Waals surface area contributed by atoms with Crippen molar-refractivity contribution in [3.63, 3.8) is 0 Å². The molecule has 0 bridgehead atoms. The van der Waals surface area contributed by atoms with Gasteiger partial charge in [0, 0.05) is 17.1 Å². The molecule has 5 rings (SSSR count). The Balaban J connectivity index is 1.47. The summed E-state index contributed by atoms with van der Waals surface area (Å²) in [4.78, 5) is 25.3. The van der Waals surface area contributed by atoms with Crippen LogP contribution >= 0.6 is 11.6 Å². The summed E-state index contributed by atoms with van der Waals surface area (Å²) in [7, 11) is -3.84. The predicted molar refractivity (Wildman–Crippen MR) is 125 cm³/mol. The van der Waals surface area contributed by atoms with E-state index in [9.17, 15) is 23.1 Å². The van der Waals surface area contributed by atoms with Crippen molar-refractivity contribution in [2.24, 2.45) is 0 Å². The lowest BCUT2D eigenvalue weighted by atomic mass is 9.97. The summed E-state index contributed by atoms with van der Waals surface area (Å²) in [5.74, 6) is -1.59. The smallest absolute Gasteiger partial charge is 0.439 e. The lowest BCUT2D eigenvalue weighted by Gasteiger charge is -2.20. The first kappa shape index (κ1) is 21.9. The molecule has 3 aromatic carbocycles. The molecule has 172 valence electrons. The topological polar surface area (TPSA) is 134 Å². The number of carboxylic acid groups (broad SMARTS) is 1. The maximum atomic E-state index is 13.3. The fraction of sp³-hybridized carbons (Fsp3) is 0.0870. The highest BCUT2D eigenvalue weighted by Gasteiger charge is 2.31. The Bertz CT molecular complexity index is 1590. The molecule has 34 heavy (non-hydrogen) atoms. The van der Waals surface area contributed by atoms with Gasteiger partial charge in [0.05, 0.1) is 16.1 Å². The molecule has 1 aliphatic heterocycles. The molecule has 9 nitrogen and oxygen atoms in total. The first-order valence-corrected chi connectivity index (χ1v) is 11.9. The summed E-state index contributed by atoms with van der Waals surface area (Å²) >= 11 is 5.95. The van der Waals surface area contributed by atoms with Crippen molar-refractivity contribution in [3.05, 3.63) is 87.4 Å². The van der Waals surface area contributed by atoms with E-state index in [0.29, 0.717) is 33.8 Å². The van der Waals surface area contributed by atoms with Gasteiger partial charge < -0.3 is 5.11 Å². The Kier molecular flexibility index (Phi) is 5.26. The van der Waals surface area contributed by atoms with Gasteiger partial charge in [-0.25, -0.2) is 18.0 Å². The average Bonchev–Trinajstić information content (AvgIpc) is 3.45. The van der Waals surface area contributed by atoms with Gasteiger partial charge in [0.1, 0.15) is 0 Å². The third kappa shape index (κ3) is 3.76. The second-order valence-electron chi connectivity index (χ2n) is 7.63. The number of carbonyl (C=O) groups is 1. The number of rotatable bonds is 5. The standard InChI is InChI=1S/C23H16ClN3O6S/c24-16-4-7-18(19(12-16)22(28)29)14-3-8-20-15(11-14)9-10-27(20)34(31,32)17-5-1-13(2-6-17)21-25-23(30)33-26-21/h1-8,11-12H,9-10H2,(H,28,29)(H,25,26,30). The number of aromatic carboxylic acids is 1. The number of H-pyrrole nitrogens is 1. The summed E-state index contributed by atoms with van der Waals surface area (Å²) in [5, 5.41) is 13.5. The lowest BCUT2D eigenvalue weighted by Crippen LogP contribution is -2.29. The van der Waals surface area contributed by atoms with Gasteiger partial charge in [0.2, 0.25) is 0 Å². The van der Waals surface area contributed by atoms with Crippen LogP contribution in [0.2, 0.25) is 5.02 Å². The molecule has 0 atom stereocenters. The molecular weight excluding hydrogens is 482 g/mol. The molecule has 0 aliphatic carbocycles. The van der Waals surface area contributed by atoms with Crippen LogP contribution < -0.4 is 10.1 Å². The fourth-order valence-electron chi connectivity index (χ4n) is 4.00. The molecule has 0 spiro atoms. The average molecular weight is 498 g/mol. The van der Waals surface area contributed by atoms with E-state index in [2.05, 4.69) is 14.7 Å². The maximum absolute atomic E-state index is 13.3. The zero-order chi connectivity index (χ0) is 24.0. The van der Waals surface area contributed by atoms with E-state index < -0.39 is 21.7 Å². The number of fused-ring (bicyclic) bond motifs is 1. The quantitative estimate of drug-likeness (QED) is 0.428. The lowest BCUT2D eigenvalue weighted by molar-refractivity contribution is 0.0697. The highest BCUT2D eigenvalue weighted by atomic mass is 35.5. The second kappa shape index (κ2) is 8.15. The van der Waals surface area contributed by atoms with Gasteiger partial charge in [-0.15, -0.1) is 0 Å². The number of carboxylic acids is 1. The second-order valence-corrected chi connectivity index (χ2v) is 9.93. The van der Waals surface area contributed by atoms with Crippen LogP contribution in [-0.2, 0) is 16.4 Å². The molecule has 4 aromatic rings. The number of nitrogens with one attached hydrogen (secondary N) is 1. The van der Waals surface area contributed by atoms with Crippen molar-refractivity contribution in [2.75, 3.05) is 10.8 Å². The van der Waals surface area contributed by atoms with Crippen molar-refractivity contribution in [1.82, 2.24) is 10.1 Å². The minimum atomic E-state index is -3.84. The summed E-state index contributed by atoms with van der Waals surface area (Å²) in [6.45, 7) is 0.256. The molecule has 0 saturated heterocycles. The summed E-state index contributed by atoms with van der Waals surface area (Å²) in [6, 6.07) is 15.8.